The van der Waals surface area contributed by atoms with Gasteiger partial charge in [0, 0.05) is 29.8 Å². The van der Waals surface area contributed by atoms with E-state index in [4.69, 9.17) is 66.3 Å². The van der Waals surface area contributed by atoms with E-state index in [1.165, 1.54) is 11.9 Å². The fraction of sp³-hybridized carbons (Fsp3) is 0.864. The SMILES string of the molecule is CCC1O[C@@H](OC(=O)[C@]23CCC(C)(C)CC2C2=CCC4C5(C)CC[C@H](O[C@@H]6OC(C(C)=O)[C@@H](C)[C@H](O[C@@H]7OC[C@@H](C)[C@H](C)C7C)C6O[C@@H]6OC(CC)[C@H](C)[C@H](C)C6C)[C@](C)(C=O)[C@@H]5CC[C@]4(C)[C@]2(C)CC3OC)C(O[C@@H]2OC(C)[C@H](OCc3ccccc3)C3OC(C)(C)OC32)C(C)[C@H]1N=[N+]=[N-]. The number of nitrogens with zero attached hydrogens (tertiary/aromatic N) is 3. The Morgan fingerprint density at radius 1 is 0.653 bits per heavy atom. The molecule has 6 saturated heterocycles. The van der Waals surface area contributed by atoms with Crippen LogP contribution in [0.3, 0.4) is 0 Å². The van der Waals surface area contributed by atoms with E-state index >= 15 is 4.79 Å². The van der Waals surface area contributed by atoms with Crippen molar-refractivity contribution in [3.8, 4) is 0 Å². The summed E-state index contributed by atoms with van der Waals surface area (Å²) in [4.78, 5) is 48.2. The van der Waals surface area contributed by atoms with E-state index in [1.807, 2.05) is 71.9 Å². The van der Waals surface area contributed by atoms with Crippen molar-refractivity contribution < 1.29 is 80.7 Å². The fourth-order valence-corrected chi connectivity index (χ4v) is 22.4. The first-order valence-electron chi connectivity index (χ1n) is 39.0. The quantitative estimate of drug-likeness (QED) is 0.0238. The van der Waals surface area contributed by atoms with Crippen LogP contribution in [0.1, 0.15) is 215 Å². The van der Waals surface area contributed by atoms with Gasteiger partial charge in [0.1, 0.15) is 48.3 Å². The standard InChI is InChI=1S/C81H125N3O17/c1-22-55-45(6)44(5)47(8)70(92-55)98-67-63(96-69-46(7)43(4)42(3)39-90-69)49(10)62(50(11)86)95-72(67)94-59-32-33-77(17)57(78(59,18)41-85)31-34-79(19)58(77)30-29-53-54-37-75(13,14)35-36-81(54,60(88-21)38-80(53,79)20)74(87)99-71-64(48(9)61(83-84-82)56(23-2)93-71)97-73-68-66(100-76(15,16)101-68)65(51(12)91-73)89-40-52-27-25-24-26-28-52/h24-29,41-49,51,54-73H,22-23,30-40H2,1-21H3/t42-,43+,44+,45-,46?,47?,48?,49-,51?,54?,55?,56?,57-,58?,59+,60?,61-,62?,63+,64?,65+,66?,67?,68?,69+,70+,71+,72-,73+,77?,78-,79+,80-,81-/m1/s1. The number of allylic oxidation sites excluding steroid dienone is 2. The highest BCUT2D eigenvalue weighted by Crippen LogP contribution is 2.76. The molecule has 20 heteroatoms. The Balaban J connectivity index is 0.835. The lowest BCUT2D eigenvalue weighted by Crippen LogP contribution is -2.69. The third-order valence-electron chi connectivity index (χ3n) is 29.4. The van der Waals surface area contributed by atoms with Gasteiger partial charge in [-0.15, -0.1) is 0 Å². The first-order valence-corrected chi connectivity index (χ1v) is 39.0. The average molecular weight is 1410 g/mol. The number of methoxy groups -OCH3 is 1. The topological polar surface area (TPSA) is 229 Å². The van der Waals surface area contributed by atoms with Crippen LogP contribution in [-0.2, 0) is 87.3 Å². The van der Waals surface area contributed by atoms with Gasteiger partial charge in [0.25, 0.3) is 0 Å². The van der Waals surface area contributed by atoms with E-state index in [1.54, 1.807) is 14.0 Å². The lowest BCUT2D eigenvalue weighted by Gasteiger charge is -2.71. The molecule has 6 heterocycles. The molecule has 4 saturated carbocycles. The molecule has 34 atom stereocenters. The Morgan fingerprint density at radius 2 is 1.33 bits per heavy atom. The molecule has 5 aliphatic carbocycles. The summed E-state index contributed by atoms with van der Waals surface area (Å²) in [5.74, 6) is -1.28. The zero-order chi connectivity index (χ0) is 73.0. The van der Waals surface area contributed by atoms with Gasteiger partial charge in [-0.25, -0.2) is 0 Å². The van der Waals surface area contributed by atoms with Gasteiger partial charge in [-0.1, -0.05) is 158 Å². The molecule has 10 fully saturated rings. The molecule has 0 radical (unpaired) electrons. The molecule has 1 aromatic carbocycles. The fourth-order valence-electron chi connectivity index (χ4n) is 22.4. The number of fused-ring (bicyclic) bond motifs is 8. The highest BCUT2D eigenvalue weighted by Gasteiger charge is 2.73. The second-order valence-corrected chi connectivity index (χ2v) is 35.9. The molecule has 0 spiro atoms. The van der Waals surface area contributed by atoms with Gasteiger partial charge in [0.2, 0.25) is 6.29 Å². The minimum Gasteiger partial charge on any atom is -0.432 e. The zero-order valence-electron chi connectivity index (χ0n) is 64.8. The predicted molar refractivity (Wildman–Crippen MR) is 378 cm³/mol. The van der Waals surface area contributed by atoms with Crippen molar-refractivity contribution >= 4 is 18.0 Å². The van der Waals surface area contributed by atoms with Crippen LogP contribution < -0.4 is 0 Å². The van der Waals surface area contributed by atoms with Gasteiger partial charge < -0.3 is 71.1 Å². The van der Waals surface area contributed by atoms with Crippen molar-refractivity contribution in [2.45, 2.75) is 332 Å². The summed E-state index contributed by atoms with van der Waals surface area (Å²) in [5.41, 5.74) is 9.07. The number of hydrogen-bond acceptors (Lipinski definition) is 18. The monoisotopic (exact) mass is 1410 g/mol. The normalized spacial score (nSPS) is 50.0. The Hall–Kier alpha value is -3.44. The van der Waals surface area contributed by atoms with E-state index in [0.717, 1.165) is 50.5 Å². The van der Waals surface area contributed by atoms with Crippen LogP contribution in [0.25, 0.3) is 10.4 Å². The first kappa shape index (κ1) is 77.2. The molecule has 6 aliphatic heterocycles. The third kappa shape index (κ3) is 13.4. The minimum absolute atomic E-state index is 0.0208. The Labute approximate surface area is 602 Å². The lowest BCUT2D eigenvalue weighted by molar-refractivity contribution is -0.374. The van der Waals surface area contributed by atoms with Gasteiger partial charge in [-0.3, -0.25) is 9.59 Å². The van der Waals surface area contributed by atoms with Crippen molar-refractivity contribution in [3.05, 3.63) is 58.0 Å². The summed E-state index contributed by atoms with van der Waals surface area (Å²) < 4.78 is 97.0. The van der Waals surface area contributed by atoms with Crippen LogP contribution in [0.2, 0.25) is 0 Å². The summed E-state index contributed by atoms with van der Waals surface area (Å²) in [5, 5.41) is 4.30. The number of carbonyl (C=O) groups is 3. The molecule has 1 aromatic rings. The molecule has 15 unspecified atom stereocenters. The minimum atomic E-state index is -1.23. The summed E-state index contributed by atoms with van der Waals surface area (Å²) in [7, 11) is 1.75. The van der Waals surface area contributed by atoms with E-state index < -0.39 is 144 Å². The largest absolute Gasteiger partial charge is 0.432 e. The van der Waals surface area contributed by atoms with E-state index in [2.05, 4.69) is 106 Å². The number of hydrogen-bond donors (Lipinski definition) is 0. The maximum Gasteiger partial charge on any atom is 0.317 e. The van der Waals surface area contributed by atoms with Gasteiger partial charge in [-0.05, 0) is 178 Å². The second-order valence-electron chi connectivity index (χ2n) is 35.9. The Bertz CT molecular complexity index is 3180. The number of azide groups is 1. The number of Topliss-reactive ketones (excluding diaryl/α,β-unsaturated/α-hetero) is 1. The maximum atomic E-state index is 16.4. The van der Waals surface area contributed by atoms with Gasteiger partial charge >= 0.3 is 5.97 Å². The van der Waals surface area contributed by atoms with Crippen molar-refractivity contribution in [2.75, 3.05) is 13.7 Å². The molecular formula is C81H125N3O17. The van der Waals surface area contributed by atoms with Crippen LogP contribution in [0.15, 0.2) is 47.1 Å². The van der Waals surface area contributed by atoms with Crippen molar-refractivity contribution in [2.24, 2.45) is 103 Å². The van der Waals surface area contributed by atoms with Crippen LogP contribution >= 0.6 is 0 Å². The van der Waals surface area contributed by atoms with E-state index in [-0.39, 0.29) is 57.7 Å². The number of ether oxygens (including phenoxy) is 14. The van der Waals surface area contributed by atoms with Crippen molar-refractivity contribution in [1.29, 1.82) is 0 Å². The molecule has 11 aliphatic rings. The molecule has 12 rings (SSSR count). The highest BCUT2D eigenvalue weighted by molar-refractivity contribution is 5.81. The Kier molecular flexibility index (Phi) is 22.4. The number of aldehydes is 1. The number of esters is 1. The first-order chi connectivity index (χ1) is 47.7. The van der Waals surface area contributed by atoms with Crippen LogP contribution in [0.4, 0.5) is 0 Å². The summed E-state index contributed by atoms with van der Waals surface area (Å²) in [6, 6.07) is 9.32. The number of rotatable bonds is 19. The number of benzene rings is 1. The van der Waals surface area contributed by atoms with Crippen LogP contribution in [0.5, 0.6) is 0 Å². The molecular weight excluding hydrogens is 1290 g/mol. The second kappa shape index (κ2) is 29.3. The lowest BCUT2D eigenvalue weighted by atomic mass is 9.33. The number of ketones is 1. The molecule has 0 amide bonds. The third-order valence-corrected chi connectivity index (χ3v) is 29.4. The van der Waals surface area contributed by atoms with Gasteiger partial charge in [0.05, 0.1) is 61.3 Å². The molecule has 0 aromatic heterocycles. The molecule has 0 N–H and O–H groups in total. The van der Waals surface area contributed by atoms with Crippen LogP contribution in [0, 0.1) is 97.6 Å². The van der Waals surface area contributed by atoms with Crippen LogP contribution in [-0.4, -0.2) is 148 Å². The van der Waals surface area contributed by atoms with Crippen molar-refractivity contribution in [3.63, 3.8) is 0 Å². The van der Waals surface area contributed by atoms with Gasteiger partial charge in [-0.2, -0.15) is 0 Å². The average Bonchev–Trinajstić information content (AvgIpc) is 0.786. The van der Waals surface area contributed by atoms with E-state index in [0.29, 0.717) is 62.6 Å². The Morgan fingerprint density at radius 3 is 2.00 bits per heavy atom. The maximum absolute atomic E-state index is 16.4. The molecule has 20 nitrogen and oxygen atoms in total. The zero-order valence-corrected chi connectivity index (χ0v) is 64.8. The number of carbonyl (C=O) groups excluding carboxylic acids is 3. The van der Waals surface area contributed by atoms with E-state index in [9.17, 15) is 15.1 Å². The highest BCUT2D eigenvalue weighted by atomic mass is 16.8. The summed E-state index contributed by atoms with van der Waals surface area (Å²) in [6.07, 6.45) is -0.578. The van der Waals surface area contributed by atoms with Gasteiger partial charge in [0.15, 0.2) is 36.7 Å². The molecule has 0 bridgehead atoms. The van der Waals surface area contributed by atoms with Crippen molar-refractivity contribution in [1.82, 2.24) is 0 Å². The summed E-state index contributed by atoms with van der Waals surface area (Å²) in [6.45, 7) is 43.7. The summed E-state index contributed by atoms with van der Waals surface area (Å²) >= 11 is 0. The predicted octanol–water partition coefficient (Wildman–Crippen LogP) is 15.2. The molecule has 566 valence electrons. The smallest absolute Gasteiger partial charge is 0.317 e. The molecule has 101 heavy (non-hydrogen) atoms.